The van der Waals surface area contributed by atoms with Gasteiger partial charge < -0.3 is 10.2 Å². The summed E-state index contributed by atoms with van der Waals surface area (Å²) in [6.45, 7) is 6.19. The molecule has 3 rings (SSSR count). The van der Waals surface area contributed by atoms with Gasteiger partial charge in [0.1, 0.15) is 12.6 Å². The number of carbonyl (C=O) groups is 2. The molecule has 0 spiro atoms. The van der Waals surface area contributed by atoms with Crippen molar-refractivity contribution in [2.24, 2.45) is 0 Å². The van der Waals surface area contributed by atoms with Gasteiger partial charge in [0.25, 0.3) is 0 Å². The molecular weight excluding hydrogens is 546 g/mol. The SMILES string of the molecule is CCCNC(=O)[C@H](Cc1ccccc1)N(Cc1ccc(Cl)cc1)C(=O)CN(c1ccc(C(C)C)cc1)S(C)(=O)=O. The predicted octanol–water partition coefficient (Wildman–Crippen LogP) is 5.40. The van der Waals surface area contributed by atoms with Crippen molar-refractivity contribution >= 4 is 39.1 Å². The van der Waals surface area contributed by atoms with Crippen molar-refractivity contribution in [3.63, 3.8) is 0 Å². The van der Waals surface area contributed by atoms with Crippen LogP contribution >= 0.6 is 11.6 Å². The van der Waals surface area contributed by atoms with Gasteiger partial charge in [-0.2, -0.15) is 0 Å². The Kier molecular flexibility index (Phi) is 11.2. The molecule has 0 saturated carbocycles. The maximum absolute atomic E-state index is 14.0. The quantitative estimate of drug-likeness (QED) is 0.292. The molecule has 214 valence electrons. The van der Waals surface area contributed by atoms with Crippen LogP contribution in [0.2, 0.25) is 5.02 Å². The summed E-state index contributed by atoms with van der Waals surface area (Å²) in [7, 11) is -3.81. The Balaban J connectivity index is 2.02. The fourth-order valence-corrected chi connectivity index (χ4v) is 5.32. The molecule has 0 bridgehead atoms. The van der Waals surface area contributed by atoms with Crippen molar-refractivity contribution in [2.75, 3.05) is 23.7 Å². The van der Waals surface area contributed by atoms with E-state index in [0.717, 1.165) is 33.7 Å². The van der Waals surface area contributed by atoms with Gasteiger partial charge in [0.2, 0.25) is 21.8 Å². The molecule has 0 heterocycles. The predicted molar refractivity (Wildman–Crippen MR) is 162 cm³/mol. The van der Waals surface area contributed by atoms with Crippen LogP contribution in [0.15, 0.2) is 78.9 Å². The Hall–Kier alpha value is -3.36. The molecule has 3 aromatic rings. The number of sulfonamides is 1. The Morgan fingerprint density at radius 3 is 2.08 bits per heavy atom. The molecule has 7 nitrogen and oxygen atoms in total. The molecule has 0 fully saturated rings. The van der Waals surface area contributed by atoms with Gasteiger partial charge in [-0.3, -0.25) is 13.9 Å². The number of halogens is 1. The Labute approximate surface area is 243 Å². The van der Waals surface area contributed by atoms with Crippen LogP contribution in [-0.2, 0) is 32.6 Å². The lowest BCUT2D eigenvalue weighted by Crippen LogP contribution is -2.53. The highest BCUT2D eigenvalue weighted by Gasteiger charge is 2.33. The zero-order valence-electron chi connectivity index (χ0n) is 23.5. The lowest BCUT2D eigenvalue weighted by molar-refractivity contribution is -0.140. The van der Waals surface area contributed by atoms with E-state index < -0.39 is 28.5 Å². The van der Waals surface area contributed by atoms with Gasteiger partial charge in [0.05, 0.1) is 11.9 Å². The van der Waals surface area contributed by atoms with E-state index >= 15 is 0 Å². The normalized spacial score (nSPS) is 12.2. The second kappa shape index (κ2) is 14.3. The fraction of sp³-hybridized carbons (Fsp3) is 0.355. The first-order valence-electron chi connectivity index (χ1n) is 13.4. The molecule has 0 aliphatic carbocycles. The van der Waals surface area contributed by atoms with Gasteiger partial charge in [0.15, 0.2) is 0 Å². The minimum absolute atomic E-state index is 0.108. The van der Waals surface area contributed by atoms with E-state index in [4.69, 9.17) is 11.6 Å². The number of carbonyl (C=O) groups excluding carboxylic acids is 2. The van der Waals surface area contributed by atoms with E-state index in [1.54, 1.807) is 36.4 Å². The third kappa shape index (κ3) is 8.83. The van der Waals surface area contributed by atoms with Crippen LogP contribution in [0.25, 0.3) is 0 Å². The summed E-state index contributed by atoms with van der Waals surface area (Å²) in [5.74, 6) is -0.501. The molecular formula is C31H38ClN3O4S. The molecule has 0 aromatic heterocycles. The zero-order valence-corrected chi connectivity index (χ0v) is 25.1. The minimum Gasteiger partial charge on any atom is -0.354 e. The first-order chi connectivity index (χ1) is 19.0. The van der Waals surface area contributed by atoms with Crippen LogP contribution in [0.4, 0.5) is 5.69 Å². The topological polar surface area (TPSA) is 86.8 Å². The average molecular weight is 584 g/mol. The number of benzene rings is 3. The second-order valence-electron chi connectivity index (χ2n) is 10.2. The summed E-state index contributed by atoms with van der Waals surface area (Å²) in [5, 5.41) is 3.48. The number of nitrogens with one attached hydrogen (secondary N) is 1. The van der Waals surface area contributed by atoms with Crippen molar-refractivity contribution < 1.29 is 18.0 Å². The van der Waals surface area contributed by atoms with Crippen molar-refractivity contribution in [3.05, 3.63) is 101 Å². The minimum atomic E-state index is -3.81. The van der Waals surface area contributed by atoms with Crippen molar-refractivity contribution in [2.45, 2.75) is 52.1 Å². The van der Waals surface area contributed by atoms with E-state index in [9.17, 15) is 18.0 Å². The molecule has 0 unspecified atom stereocenters. The fourth-order valence-electron chi connectivity index (χ4n) is 4.35. The van der Waals surface area contributed by atoms with E-state index in [0.29, 0.717) is 17.3 Å². The molecule has 40 heavy (non-hydrogen) atoms. The number of rotatable bonds is 13. The van der Waals surface area contributed by atoms with Crippen LogP contribution in [0.5, 0.6) is 0 Å². The van der Waals surface area contributed by atoms with Crippen molar-refractivity contribution in [1.82, 2.24) is 10.2 Å². The zero-order chi connectivity index (χ0) is 29.3. The maximum Gasteiger partial charge on any atom is 0.244 e. The van der Waals surface area contributed by atoms with Crippen LogP contribution in [-0.4, -0.2) is 50.5 Å². The maximum atomic E-state index is 14.0. The third-order valence-electron chi connectivity index (χ3n) is 6.61. The summed E-state index contributed by atoms with van der Waals surface area (Å²) in [6, 6.07) is 22.8. The molecule has 0 aliphatic heterocycles. The highest BCUT2D eigenvalue weighted by Crippen LogP contribution is 2.23. The molecule has 3 aromatic carbocycles. The van der Waals surface area contributed by atoms with Crippen molar-refractivity contribution in [3.8, 4) is 0 Å². The van der Waals surface area contributed by atoms with Gasteiger partial charge in [0, 0.05) is 24.5 Å². The van der Waals surface area contributed by atoms with Gasteiger partial charge in [-0.05, 0) is 53.3 Å². The first-order valence-corrected chi connectivity index (χ1v) is 15.7. The standard InChI is InChI=1S/C31H38ClN3O4S/c1-5-19-33-31(37)29(20-24-9-7-6-8-10-24)34(21-25-11-15-27(32)16-12-25)30(36)22-35(40(4,38)39)28-17-13-26(14-18-28)23(2)3/h6-18,23,29H,5,19-22H2,1-4H3,(H,33,37)/t29-/m0/s1. The monoisotopic (exact) mass is 583 g/mol. The molecule has 0 saturated heterocycles. The Morgan fingerprint density at radius 1 is 0.900 bits per heavy atom. The average Bonchev–Trinajstić information content (AvgIpc) is 2.93. The smallest absolute Gasteiger partial charge is 0.244 e. The van der Waals surface area contributed by atoms with E-state index in [1.165, 1.54) is 4.90 Å². The van der Waals surface area contributed by atoms with Gasteiger partial charge in [-0.15, -0.1) is 0 Å². The number of nitrogens with zero attached hydrogens (tertiary/aromatic N) is 2. The third-order valence-corrected chi connectivity index (χ3v) is 8.01. The van der Waals surface area contributed by atoms with Crippen LogP contribution in [0.3, 0.4) is 0 Å². The van der Waals surface area contributed by atoms with E-state index in [2.05, 4.69) is 19.2 Å². The van der Waals surface area contributed by atoms with E-state index in [1.807, 2.05) is 49.4 Å². The van der Waals surface area contributed by atoms with Crippen LogP contribution in [0, 0.1) is 0 Å². The number of amides is 2. The molecule has 9 heteroatoms. The Morgan fingerprint density at radius 2 is 1.52 bits per heavy atom. The number of hydrogen-bond donors (Lipinski definition) is 1. The van der Waals surface area contributed by atoms with Crippen LogP contribution in [0.1, 0.15) is 49.8 Å². The Bertz CT molecular complexity index is 1360. The molecule has 0 radical (unpaired) electrons. The molecule has 1 atom stereocenters. The summed E-state index contributed by atoms with van der Waals surface area (Å²) in [6.07, 6.45) is 2.09. The summed E-state index contributed by atoms with van der Waals surface area (Å²) in [5.41, 5.74) is 3.11. The van der Waals surface area contributed by atoms with Gasteiger partial charge >= 0.3 is 0 Å². The summed E-state index contributed by atoms with van der Waals surface area (Å²) < 4.78 is 26.9. The highest BCUT2D eigenvalue weighted by molar-refractivity contribution is 7.92. The first kappa shape index (κ1) is 31.2. The second-order valence-corrected chi connectivity index (χ2v) is 12.5. The van der Waals surface area contributed by atoms with Crippen molar-refractivity contribution in [1.29, 1.82) is 0 Å². The summed E-state index contributed by atoms with van der Waals surface area (Å²) in [4.78, 5) is 29.0. The molecule has 0 aliphatic rings. The van der Waals surface area contributed by atoms with Gasteiger partial charge in [-0.1, -0.05) is 87.0 Å². The van der Waals surface area contributed by atoms with Gasteiger partial charge in [-0.25, -0.2) is 8.42 Å². The lowest BCUT2D eigenvalue weighted by atomic mass is 10.0. The number of hydrogen-bond acceptors (Lipinski definition) is 4. The lowest BCUT2D eigenvalue weighted by Gasteiger charge is -2.33. The molecule has 2 amide bonds. The van der Waals surface area contributed by atoms with E-state index in [-0.39, 0.29) is 24.8 Å². The molecule has 1 N–H and O–H groups in total. The number of anilines is 1. The highest BCUT2D eigenvalue weighted by atomic mass is 35.5. The summed E-state index contributed by atoms with van der Waals surface area (Å²) >= 11 is 6.09. The largest absolute Gasteiger partial charge is 0.354 e. The van der Waals surface area contributed by atoms with Crippen LogP contribution < -0.4 is 9.62 Å².